The molecule has 0 atom stereocenters. The summed E-state index contributed by atoms with van der Waals surface area (Å²) in [5.41, 5.74) is 0.607. The molecule has 1 aliphatic heterocycles. The van der Waals surface area contributed by atoms with Crippen LogP contribution in [0.3, 0.4) is 0 Å². The third kappa shape index (κ3) is 5.21. The number of hydrogen-bond acceptors (Lipinski definition) is 7. The van der Waals surface area contributed by atoms with Gasteiger partial charge in [-0.1, -0.05) is 11.6 Å². The van der Waals surface area contributed by atoms with Crippen molar-refractivity contribution in [2.45, 2.75) is 45.3 Å². The molecule has 0 radical (unpaired) electrons. The summed E-state index contributed by atoms with van der Waals surface area (Å²) in [4.78, 5) is 48.3. The lowest BCUT2D eigenvalue weighted by atomic mass is 10.0. The van der Waals surface area contributed by atoms with E-state index >= 15 is 0 Å². The number of nitrogens with one attached hydrogen (secondary N) is 2. The second kappa shape index (κ2) is 10.1. The summed E-state index contributed by atoms with van der Waals surface area (Å²) in [6.45, 7) is 5.82. The maximum atomic E-state index is 13.2. The highest BCUT2D eigenvalue weighted by Crippen LogP contribution is 2.27. The smallest absolute Gasteiger partial charge is 0.348 e. The van der Waals surface area contributed by atoms with Crippen molar-refractivity contribution in [1.29, 1.82) is 0 Å². The highest BCUT2D eigenvalue weighted by molar-refractivity contribution is 7.13. The van der Waals surface area contributed by atoms with E-state index in [9.17, 15) is 19.5 Å². The molecule has 1 saturated heterocycles. The lowest BCUT2D eigenvalue weighted by Crippen LogP contribution is -2.47. The molecular weight excluding hydrogens is 480 g/mol. The largest absolute Gasteiger partial charge is 0.477 e. The number of amides is 2. The molecule has 0 aliphatic carbocycles. The van der Waals surface area contributed by atoms with E-state index in [4.69, 9.17) is 11.6 Å². The van der Waals surface area contributed by atoms with Crippen molar-refractivity contribution in [2.75, 3.05) is 18.4 Å². The molecule has 0 spiro atoms. The maximum Gasteiger partial charge on any atom is 0.348 e. The number of piperidine rings is 1. The van der Waals surface area contributed by atoms with E-state index in [1.165, 1.54) is 10.8 Å². The van der Waals surface area contributed by atoms with E-state index in [1.807, 2.05) is 0 Å². The molecule has 34 heavy (non-hydrogen) atoms. The van der Waals surface area contributed by atoms with Crippen LogP contribution in [-0.2, 0) is 11.3 Å². The van der Waals surface area contributed by atoms with Crippen LogP contribution < -0.4 is 10.6 Å². The summed E-state index contributed by atoms with van der Waals surface area (Å²) in [6.07, 6.45) is 3.02. The number of thiophene rings is 1. The van der Waals surface area contributed by atoms with Gasteiger partial charge in [0.05, 0.1) is 10.5 Å². The van der Waals surface area contributed by atoms with Crippen molar-refractivity contribution in [3.63, 3.8) is 0 Å². The number of halogens is 1. The number of fused-ring (bicyclic) bond motifs is 1. The third-order valence-corrected chi connectivity index (χ3v) is 6.97. The number of carboxylic acid groups (broad SMARTS) is 1. The summed E-state index contributed by atoms with van der Waals surface area (Å²) in [5, 5.41) is 17.2. The minimum Gasteiger partial charge on any atom is -0.477 e. The van der Waals surface area contributed by atoms with Gasteiger partial charge >= 0.3 is 5.97 Å². The summed E-state index contributed by atoms with van der Waals surface area (Å²) in [7, 11) is 0. The Balaban J connectivity index is 1.56. The Hall–Kier alpha value is -3.02. The molecule has 180 valence electrons. The quantitative estimate of drug-likeness (QED) is 0.450. The normalized spacial score (nSPS) is 15.1. The molecule has 3 N–H and O–H groups in total. The van der Waals surface area contributed by atoms with Crippen LogP contribution in [0.25, 0.3) is 11.0 Å². The second-order valence-electron chi connectivity index (χ2n) is 8.41. The summed E-state index contributed by atoms with van der Waals surface area (Å²) < 4.78 is 1.45. The van der Waals surface area contributed by atoms with E-state index in [1.54, 1.807) is 17.5 Å². The van der Waals surface area contributed by atoms with Gasteiger partial charge < -0.3 is 25.2 Å². The Morgan fingerprint density at radius 2 is 2.00 bits per heavy atom. The van der Waals surface area contributed by atoms with Crippen molar-refractivity contribution in [2.24, 2.45) is 0 Å². The number of hydrogen-bond donors (Lipinski definition) is 3. The first-order valence-corrected chi connectivity index (χ1v) is 12.2. The Labute approximate surface area is 204 Å². The van der Waals surface area contributed by atoms with Crippen molar-refractivity contribution >= 4 is 57.6 Å². The molecule has 4 rings (SSSR count). The maximum absolute atomic E-state index is 13.2. The first-order chi connectivity index (χ1) is 16.2. The molecule has 0 unspecified atom stereocenters. The van der Waals surface area contributed by atoms with E-state index in [0.717, 1.165) is 37.3 Å². The molecule has 2 amide bonds. The zero-order valence-electron chi connectivity index (χ0n) is 18.7. The van der Waals surface area contributed by atoms with Crippen molar-refractivity contribution < 1.29 is 19.5 Å². The van der Waals surface area contributed by atoms with Gasteiger partial charge in [-0.15, -0.1) is 11.3 Å². The molecule has 1 aliphatic rings. The van der Waals surface area contributed by atoms with Gasteiger partial charge in [-0.05, 0) is 38.8 Å². The fourth-order valence-electron chi connectivity index (χ4n) is 3.99. The fraction of sp³-hybridized carbons (Fsp3) is 0.409. The zero-order valence-corrected chi connectivity index (χ0v) is 20.3. The van der Waals surface area contributed by atoms with Gasteiger partial charge in [0.2, 0.25) is 11.7 Å². The second-order valence-corrected chi connectivity index (χ2v) is 9.73. The Bertz CT molecular complexity index is 1210. The van der Waals surface area contributed by atoms with Crippen LogP contribution in [-0.4, -0.2) is 67.5 Å². The summed E-state index contributed by atoms with van der Waals surface area (Å²) in [5.74, 6) is -1.68. The number of anilines is 1. The van der Waals surface area contributed by atoms with Gasteiger partial charge in [0, 0.05) is 36.8 Å². The number of imidazole rings is 1. The Morgan fingerprint density at radius 1 is 1.26 bits per heavy atom. The number of likely N-dealkylation sites (tertiary alicyclic amines) is 1. The number of aromatic nitrogens is 3. The average Bonchev–Trinajstić information content (AvgIpc) is 3.36. The average molecular weight is 505 g/mol. The lowest BCUT2D eigenvalue weighted by Gasteiger charge is -2.34. The number of pyridine rings is 1. The van der Waals surface area contributed by atoms with Crippen LogP contribution in [0, 0.1) is 0 Å². The van der Waals surface area contributed by atoms with Crippen molar-refractivity contribution in [3.05, 3.63) is 39.4 Å². The van der Waals surface area contributed by atoms with E-state index < -0.39 is 17.8 Å². The Kier molecular flexibility index (Phi) is 7.15. The van der Waals surface area contributed by atoms with Crippen molar-refractivity contribution in [3.8, 4) is 0 Å². The van der Waals surface area contributed by atoms with Gasteiger partial charge in [-0.25, -0.2) is 14.8 Å². The molecule has 0 bridgehead atoms. The minimum atomic E-state index is -1.13. The van der Waals surface area contributed by atoms with Crippen LogP contribution in [0.5, 0.6) is 0 Å². The van der Waals surface area contributed by atoms with Crippen LogP contribution in [0.4, 0.5) is 5.82 Å². The van der Waals surface area contributed by atoms with E-state index in [2.05, 4.69) is 39.3 Å². The fourth-order valence-corrected chi connectivity index (χ4v) is 4.94. The zero-order chi connectivity index (χ0) is 24.4. The lowest BCUT2D eigenvalue weighted by molar-refractivity contribution is -0.116. The first-order valence-electron chi connectivity index (χ1n) is 10.9. The monoisotopic (exact) mass is 504 g/mol. The molecule has 12 heteroatoms. The van der Waals surface area contributed by atoms with Crippen molar-refractivity contribution in [1.82, 2.24) is 24.8 Å². The molecule has 0 saturated carbocycles. The molecule has 1 fully saturated rings. The molecule has 10 nitrogen and oxygen atoms in total. The number of carbonyl (C=O) groups is 3. The van der Waals surface area contributed by atoms with Gasteiger partial charge in [0.15, 0.2) is 0 Å². The SMILES string of the molecule is CC(C)N1CCC(NC(=O)c2nc3c(C(=O)O)scc3n2CC(=O)Nc2ccc(Cl)cn2)CC1. The molecular formula is C22H25ClN6O4S. The standard InChI is InChI=1S/C22H25ClN6O4S/c1-12(2)28-7-5-14(6-8-28)25-21(31)20-27-18-15(11-34-19(18)22(32)33)29(20)10-17(30)26-16-4-3-13(23)9-24-16/h3-4,9,11-12,14H,5-8,10H2,1-2H3,(H,25,31)(H,32,33)(H,24,26,30). The van der Waals surface area contributed by atoms with Crippen LogP contribution in [0.15, 0.2) is 23.7 Å². The van der Waals surface area contributed by atoms with E-state index in [-0.39, 0.29) is 28.8 Å². The number of nitrogens with zero attached hydrogens (tertiary/aromatic N) is 4. The molecule has 0 aromatic carbocycles. The van der Waals surface area contributed by atoms with Crippen LogP contribution in [0.1, 0.15) is 47.0 Å². The van der Waals surface area contributed by atoms with Gasteiger partial charge in [-0.2, -0.15) is 0 Å². The Morgan fingerprint density at radius 3 is 2.62 bits per heavy atom. The third-order valence-electron chi connectivity index (χ3n) is 5.80. The number of rotatable bonds is 7. The van der Waals surface area contributed by atoms with Gasteiger partial charge in [0.25, 0.3) is 5.91 Å². The minimum absolute atomic E-state index is 0.00537. The summed E-state index contributed by atoms with van der Waals surface area (Å²) >= 11 is 6.84. The predicted octanol–water partition coefficient (Wildman–Crippen LogP) is 3.09. The number of carboxylic acids is 1. The summed E-state index contributed by atoms with van der Waals surface area (Å²) in [6, 6.07) is 3.59. The van der Waals surface area contributed by atoms with Gasteiger partial charge in [-0.3, -0.25) is 9.59 Å². The number of carbonyl (C=O) groups excluding carboxylic acids is 2. The molecule has 3 aromatic rings. The highest BCUT2D eigenvalue weighted by atomic mass is 35.5. The number of aromatic carboxylic acids is 1. The molecule has 4 heterocycles. The van der Waals surface area contributed by atoms with Crippen LogP contribution >= 0.6 is 22.9 Å². The first kappa shape index (κ1) is 24.1. The topological polar surface area (TPSA) is 129 Å². The van der Waals surface area contributed by atoms with Crippen LogP contribution in [0.2, 0.25) is 5.02 Å². The molecule has 3 aromatic heterocycles. The predicted molar refractivity (Wildman–Crippen MR) is 130 cm³/mol. The van der Waals surface area contributed by atoms with Gasteiger partial charge in [0.1, 0.15) is 22.8 Å². The van der Waals surface area contributed by atoms with E-state index in [0.29, 0.717) is 22.4 Å². The highest BCUT2D eigenvalue weighted by Gasteiger charge is 2.27.